The Morgan fingerprint density at radius 1 is 1.05 bits per heavy atom. The number of hydrogen-bond donors (Lipinski definition) is 0. The first-order chi connectivity index (χ1) is 10.3. The molecule has 0 saturated carbocycles. The molecule has 118 valence electrons. The van der Waals surface area contributed by atoms with Gasteiger partial charge in [-0.25, -0.2) is 0 Å². The van der Waals surface area contributed by atoms with Crippen molar-refractivity contribution >= 4 is 0 Å². The van der Waals surface area contributed by atoms with Gasteiger partial charge in [-0.3, -0.25) is 0 Å². The van der Waals surface area contributed by atoms with Crippen LogP contribution in [-0.2, 0) is 15.9 Å². The monoisotopic (exact) mass is 290 g/mol. The molecule has 0 bridgehead atoms. The number of benzene rings is 1. The summed E-state index contributed by atoms with van der Waals surface area (Å²) >= 11 is 0. The smallest absolute Gasteiger partial charge is 0.0809 e. The Balaban J connectivity index is 0.000000170. The largest absolute Gasteiger partial charge is 0.376 e. The first kappa shape index (κ1) is 16.5. The van der Waals surface area contributed by atoms with Crippen LogP contribution in [0.1, 0.15) is 57.9 Å². The lowest BCUT2D eigenvalue weighted by Crippen LogP contribution is -2.28. The van der Waals surface area contributed by atoms with E-state index in [1.54, 1.807) is 0 Å². The summed E-state index contributed by atoms with van der Waals surface area (Å²) in [6.07, 6.45) is 9.50. The second kappa shape index (κ2) is 9.22. The van der Waals surface area contributed by atoms with Gasteiger partial charge in [0, 0.05) is 0 Å². The van der Waals surface area contributed by atoms with Gasteiger partial charge < -0.3 is 9.47 Å². The minimum absolute atomic E-state index is 0.385. The van der Waals surface area contributed by atoms with Crippen LogP contribution in [0.4, 0.5) is 0 Å². The van der Waals surface area contributed by atoms with Gasteiger partial charge in [-0.1, -0.05) is 64.2 Å². The Bertz CT molecular complexity index is 489. The predicted octanol–water partition coefficient (Wildman–Crippen LogP) is 4.61. The summed E-state index contributed by atoms with van der Waals surface area (Å²) in [5.41, 5.74) is 1.53. The van der Waals surface area contributed by atoms with E-state index in [4.69, 9.17) is 9.47 Å². The maximum absolute atomic E-state index is 5.56. The van der Waals surface area contributed by atoms with Crippen LogP contribution in [-0.4, -0.2) is 25.9 Å². The van der Waals surface area contributed by atoms with E-state index >= 15 is 0 Å². The van der Waals surface area contributed by atoms with Gasteiger partial charge in [0.2, 0.25) is 0 Å². The van der Waals surface area contributed by atoms with Gasteiger partial charge in [0.05, 0.1) is 25.9 Å². The van der Waals surface area contributed by atoms with Crippen molar-refractivity contribution in [1.82, 2.24) is 0 Å². The fourth-order valence-corrected chi connectivity index (χ4v) is 2.84. The summed E-state index contributed by atoms with van der Waals surface area (Å²) in [4.78, 5) is 0. The Kier molecular flexibility index (Phi) is 7.25. The Morgan fingerprint density at radius 2 is 1.90 bits per heavy atom. The van der Waals surface area contributed by atoms with Crippen LogP contribution in [0.2, 0.25) is 0 Å². The van der Waals surface area contributed by atoms with Crippen LogP contribution < -0.4 is 0 Å². The van der Waals surface area contributed by atoms with Crippen molar-refractivity contribution in [2.24, 2.45) is 0 Å². The molecule has 0 aromatic rings. The SMILES string of the molecule is CCCCCCCC1COCCO1.CCc1cc2ccc1=2. The van der Waals surface area contributed by atoms with Gasteiger partial charge in [0.1, 0.15) is 0 Å². The van der Waals surface area contributed by atoms with Gasteiger partial charge in [0.15, 0.2) is 0 Å². The molecule has 1 aliphatic heterocycles. The molecular weight excluding hydrogens is 260 g/mol. The number of aryl methyl sites for hydroxylation is 1. The van der Waals surface area contributed by atoms with Crippen molar-refractivity contribution in [2.75, 3.05) is 19.8 Å². The molecule has 0 radical (unpaired) electrons. The van der Waals surface area contributed by atoms with Crippen LogP contribution in [0.15, 0.2) is 18.2 Å². The average Bonchev–Trinajstić information content (AvgIpc) is 2.51. The molecule has 0 aromatic carbocycles. The molecule has 0 aromatic heterocycles. The summed E-state index contributed by atoms with van der Waals surface area (Å²) in [5.74, 6) is 0. The standard InChI is InChI=1S/C11H22O2.C8H8/c1-2-3-4-5-6-7-11-10-12-8-9-13-11;1-2-6-5-7-3-4-8(6)7/h11H,2-10H2,1H3;3-5H,2H2,1H3. The quantitative estimate of drug-likeness (QED) is 0.693. The second-order valence-electron chi connectivity index (χ2n) is 6.00. The van der Waals surface area contributed by atoms with Crippen LogP contribution in [0.25, 0.3) is 0 Å². The lowest BCUT2D eigenvalue weighted by molar-refractivity contribution is -0.0912. The van der Waals surface area contributed by atoms with E-state index in [2.05, 4.69) is 32.0 Å². The van der Waals surface area contributed by atoms with Crippen molar-refractivity contribution in [2.45, 2.75) is 64.9 Å². The topological polar surface area (TPSA) is 18.5 Å². The average molecular weight is 290 g/mol. The zero-order valence-electron chi connectivity index (χ0n) is 13.7. The molecule has 21 heavy (non-hydrogen) atoms. The lowest BCUT2D eigenvalue weighted by Gasteiger charge is -2.22. The molecule has 3 aliphatic rings. The minimum atomic E-state index is 0.385. The van der Waals surface area contributed by atoms with Crippen molar-refractivity contribution in [3.8, 4) is 0 Å². The van der Waals surface area contributed by atoms with Crippen molar-refractivity contribution < 1.29 is 9.47 Å². The highest BCUT2D eigenvalue weighted by molar-refractivity contribution is 5.33. The molecule has 1 atom stereocenters. The first-order valence-electron chi connectivity index (χ1n) is 8.67. The van der Waals surface area contributed by atoms with Gasteiger partial charge in [-0.2, -0.15) is 0 Å². The van der Waals surface area contributed by atoms with E-state index in [0.29, 0.717) is 6.10 Å². The zero-order chi connectivity index (χ0) is 14.9. The number of hydrogen-bond acceptors (Lipinski definition) is 2. The molecule has 0 spiro atoms. The Labute approximate surface area is 129 Å². The number of rotatable bonds is 7. The molecule has 2 heteroatoms. The van der Waals surface area contributed by atoms with E-state index in [1.807, 2.05) is 0 Å². The highest BCUT2D eigenvalue weighted by atomic mass is 16.6. The number of unbranched alkanes of at least 4 members (excludes halogenated alkanes) is 4. The Hall–Kier alpha value is -0.860. The summed E-state index contributed by atoms with van der Waals surface area (Å²) in [6.45, 7) is 6.83. The van der Waals surface area contributed by atoms with Gasteiger partial charge in [-0.05, 0) is 28.8 Å². The zero-order valence-corrected chi connectivity index (χ0v) is 13.7. The minimum Gasteiger partial charge on any atom is -0.376 e. The van der Waals surface area contributed by atoms with Crippen molar-refractivity contribution in [1.29, 1.82) is 0 Å². The molecule has 0 N–H and O–H groups in total. The summed E-state index contributed by atoms with van der Waals surface area (Å²) in [5, 5.41) is 2.97. The normalized spacial score (nSPS) is 18.9. The van der Waals surface area contributed by atoms with E-state index in [1.165, 1.54) is 60.9 Å². The van der Waals surface area contributed by atoms with Gasteiger partial charge in [-0.15, -0.1) is 0 Å². The summed E-state index contributed by atoms with van der Waals surface area (Å²) in [6, 6.07) is 6.61. The fourth-order valence-electron chi connectivity index (χ4n) is 2.84. The molecule has 3 rings (SSSR count). The maximum Gasteiger partial charge on any atom is 0.0809 e. The molecule has 1 unspecified atom stereocenters. The lowest BCUT2D eigenvalue weighted by atomic mass is 9.98. The predicted molar refractivity (Wildman–Crippen MR) is 87.4 cm³/mol. The van der Waals surface area contributed by atoms with E-state index in [0.717, 1.165) is 19.8 Å². The maximum atomic E-state index is 5.56. The molecule has 2 aliphatic carbocycles. The number of ether oxygens (including phenoxy) is 2. The molecule has 1 heterocycles. The summed E-state index contributed by atoms with van der Waals surface area (Å²) in [7, 11) is 0. The van der Waals surface area contributed by atoms with Gasteiger partial charge in [0.25, 0.3) is 0 Å². The third kappa shape index (κ3) is 5.12. The van der Waals surface area contributed by atoms with Crippen molar-refractivity contribution in [3.05, 3.63) is 34.2 Å². The van der Waals surface area contributed by atoms with E-state index < -0.39 is 0 Å². The molecule has 1 saturated heterocycles. The highest BCUT2D eigenvalue weighted by Gasteiger charge is 2.12. The summed E-state index contributed by atoms with van der Waals surface area (Å²) < 4.78 is 10.9. The van der Waals surface area contributed by atoms with E-state index in [-0.39, 0.29) is 0 Å². The van der Waals surface area contributed by atoms with E-state index in [9.17, 15) is 0 Å². The first-order valence-corrected chi connectivity index (χ1v) is 8.67. The third-order valence-electron chi connectivity index (χ3n) is 4.31. The third-order valence-corrected chi connectivity index (χ3v) is 4.31. The van der Waals surface area contributed by atoms with Gasteiger partial charge >= 0.3 is 0 Å². The van der Waals surface area contributed by atoms with Crippen LogP contribution >= 0.6 is 0 Å². The molecular formula is C19H30O2. The molecule has 2 nitrogen and oxygen atoms in total. The van der Waals surface area contributed by atoms with Crippen LogP contribution in [0.3, 0.4) is 0 Å². The fraction of sp³-hybridized carbons (Fsp3) is 0.684. The van der Waals surface area contributed by atoms with Crippen LogP contribution in [0.5, 0.6) is 0 Å². The molecule has 0 amide bonds. The van der Waals surface area contributed by atoms with Crippen molar-refractivity contribution in [3.63, 3.8) is 0 Å². The second-order valence-corrected chi connectivity index (χ2v) is 6.00. The Morgan fingerprint density at radius 3 is 2.38 bits per heavy atom. The molecule has 1 fully saturated rings. The highest BCUT2D eigenvalue weighted by Crippen LogP contribution is 2.15. The van der Waals surface area contributed by atoms with Crippen LogP contribution in [0, 0.1) is 10.4 Å².